The van der Waals surface area contributed by atoms with Crippen molar-refractivity contribution in [2.75, 3.05) is 19.6 Å². The molecule has 0 amide bonds. The van der Waals surface area contributed by atoms with E-state index in [0.29, 0.717) is 25.6 Å². The first kappa shape index (κ1) is 12.9. The minimum Gasteiger partial charge on any atom is -0.202 e. The molecule has 0 aliphatic carbocycles. The lowest BCUT2D eigenvalue weighted by atomic mass is 10.1. The Labute approximate surface area is 93.2 Å². The van der Waals surface area contributed by atoms with Crippen LogP contribution in [0.3, 0.4) is 0 Å². The van der Waals surface area contributed by atoms with Crippen molar-refractivity contribution in [3.05, 3.63) is 0 Å². The zero-order chi connectivity index (χ0) is 11.3. The van der Waals surface area contributed by atoms with Crippen molar-refractivity contribution in [2.24, 2.45) is 5.92 Å². The first-order valence-corrected chi connectivity index (χ1v) is 7.21. The van der Waals surface area contributed by atoms with E-state index < -0.39 is 10.2 Å². The fraction of sp³-hybridized carbons (Fsp3) is 1.00. The molecule has 0 spiro atoms. The second-order valence-corrected chi connectivity index (χ2v) is 6.30. The Hall–Kier alpha value is -0.130. The standard InChI is InChI=1S/C10H22N2O2S/c1-10(2)6-7-11-15(13,14)12-8-4-3-5-9-12/h10-11H,3-9H2,1-2H3. The number of nitrogens with one attached hydrogen (secondary N) is 1. The number of nitrogens with zero attached hydrogens (tertiary/aromatic N) is 1. The molecular formula is C10H22N2O2S. The van der Waals surface area contributed by atoms with Crippen LogP contribution in [0.4, 0.5) is 0 Å². The van der Waals surface area contributed by atoms with E-state index in [2.05, 4.69) is 18.6 Å². The van der Waals surface area contributed by atoms with E-state index in [0.717, 1.165) is 25.7 Å². The Morgan fingerprint density at radius 2 is 1.80 bits per heavy atom. The fourth-order valence-electron chi connectivity index (χ4n) is 1.67. The van der Waals surface area contributed by atoms with Gasteiger partial charge in [-0.3, -0.25) is 0 Å². The van der Waals surface area contributed by atoms with Gasteiger partial charge in [0, 0.05) is 19.6 Å². The summed E-state index contributed by atoms with van der Waals surface area (Å²) in [4.78, 5) is 0. The second-order valence-electron chi connectivity index (χ2n) is 4.54. The maximum atomic E-state index is 11.8. The number of hydrogen-bond acceptors (Lipinski definition) is 2. The summed E-state index contributed by atoms with van der Waals surface area (Å²) in [5, 5.41) is 0. The molecule has 0 atom stereocenters. The van der Waals surface area contributed by atoms with Crippen LogP contribution in [0, 0.1) is 5.92 Å². The average Bonchev–Trinajstić information content (AvgIpc) is 2.18. The highest BCUT2D eigenvalue weighted by Gasteiger charge is 2.22. The van der Waals surface area contributed by atoms with E-state index in [1.54, 1.807) is 4.31 Å². The van der Waals surface area contributed by atoms with Gasteiger partial charge in [-0.25, -0.2) is 4.72 Å². The van der Waals surface area contributed by atoms with Crippen molar-refractivity contribution in [2.45, 2.75) is 39.5 Å². The zero-order valence-electron chi connectivity index (χ0n) is 9.70. The Morgan fingerprint density at radius 1 is 1.20 bits per heavy atom. The van der Waals surface area contributed by atoms with Gasteiger partial charge >= 0.3 is 0 Å². The van der Waals surface area contributed by atoms with Crippen molar-refractivity contribution < 1.29 is 8.42 Å². The van der Waals surface area contributed by atoms with Gasteiger partial charge in [-0.05, 0) is 25.2 Å². The highest BCUT2D eigenvalue weighted by Crippen LogP contribution is 2.11. The minimum absolute atomic E-state index is 0.536. The minimum atomic E-state index is -3.20. The molecule has 5 heteroatoms. The Morgan fingerprint density at radius 3 is 2.33 bits per heavy atom. The van der Waals surface area contributed by atoms with Gasteiger partial charge in [0.15, 0.2) is 0 Å². The SMILES string of the molecule is CC(C)CCNS(=O)(=O)N1CCCCC1. The van der Waals surface area contributed by atoms with Gasteiger partial charge < -0.3 is 0 Å². The molecule has 0 aromatic carbocycles. The van der Waals surface area contributed by atoms with Crippen LogP contribution in [0.5, 0.6) is 0 Å². The van der Waals surface area contributed by atoms with E-state index in [9.17, 15) is 8.42 Å². The summed E-state index contributed by atoms with van der Waals surface area (Å²) >= 11 is 0. The van der Waals surface area contributed by atoms with Crippen LogP contribution in [0.2, 0.25) is 0 Å². The maximum absolute atomic E-state index is 11.8. The Kier molecular flexibility index (Phi) is 5.02. The summed E-state index contributed by atoms with van der Waals surface area (Å²) in [6.45, 7) is 6.09. The summed E-state index contributed by atoms with van der Waals surface area (Å²) in [5.74, 6) is 0.536. The smallest absolute Gasteiger partial charge is 0.202 e. The maximum Gasteiger partial charge on any atom is 0.279 e. The van der Waals surface area contributed by atoms with Gasteiger partial charge in [0.25, 0.3) is 10.2 Å². The van der Waals surface area contributed by atoms with E-state index >= 15 is 0 Å². The third-order valence-corrected chi connectivity index (χ3v) is 4.28. The van der Waals surface area contributed by atoms with Gasteiger partial charge in [0.05, 0.1) is 0 Å². The number of hydrogen-bond donors (Lipinski definition) is 1. The average molecular weight is 234 g/mol. The molecule has 1 aliphatic rings. The third-order valence-electron chi connectivity index (χ3n) is 2.66. The molecule has 90 valence electrons. The summed E-state index contributed by atoms with van der Waals surface area (Å²) in [5.41, 5.74) is 0. The molecule has 1 rings (SSSR count). The van der Waals surface area contributed by atoms with Crippen molar-refractivity contribution in [1.29, 1.82) is 0 Å². The Bertz CT molecular complexity index is 269. The molecule has 1 fully saturated rings. The fourth-order valence-corrected chi connectivity index (χ4v) is 2.97. The van der Waals surface area contributed by atoms with Crippen LogP contribution >= 0.6 is 0 Å². The van der Waals surface area contributed by atoms with Crippen LogP contribution in [0.25, 0.3) is 0 Å². The molecule has 1 heterocycles. The van der Waals surface area contributed by atoms with E-state index in [-0.39, 0.29) is 0 Å². The highest BCUT2D eigenvalue weighted by molar-refractivity contribution is 7.87. The molecule has 0 bridgehead atoms. The third kappa shape index (κ3) is 4.49. The molecule has 15 heavy (non-hydrogen) atoms. The van der Waals surface area contributed by atoms with Crippen LogP contribution in [-0.2, 0) is 10.2 Å². The van der Waals surface area contributed by atoms with Crippen molar-refractivity contribution in [1.82, 2.24) is 9.03 Å². The second kappa shape index (κ2) is 5.82. The quantitative estimate of drug-likeness (QED) is 0.780. The van der Waals surface area contributed by atoms with Crippen molar-refractivity contribution in [3.8, 4) is 0 Å². The summed E-state index contributed by atoms with van der Waals surface area (Å²) in [6, 6.07) is 0. The molecule has 1 saturated heterocycles. The molecule has 0 aromatic heterocycles. The molecule has 0 unspecified atom stereocenters. The van der Waals surface area contributed by atoms with Gasteiger partial charge in [-0.1, -0.05) is 20.3 Å². The van der Waals surface area contributed by atoms with Crippen molar-refractivity contribution >= 4 is 10.2 Å². The zero-order valence-corrected chi connectivity index (χ0v) is 10.5. The van der Waals surface area contributed by atoms with E-state index in [1.165, 1.54) is 0 Å². The predicted molar refractivity (Wildman–Crippen MR) is 61.8 cm³/mol. The predicted octanol–water partition coefficient (Wildman–Crippen LogP) is 1.35. The molecule has 0 saturated carbocycles. The largest absolute Gasteiger partial charge is 0.279 e. The van der Waals surface area contributed by atoms with Gasteiger partial charge in [0.2, 0.25) is 0 Å². The topological polar surface area (TPSA) is 49.4 Å². The lowest BCUT2D eigenvalue weighted by Crippen LogP contribution is -2.43. The summed E-state index contributed by atoms with van der Waals surface area (Å²) < 4.78 is 27.8. The molecule has 4 nitrogen and oxygen atoms in total. The lowest BCUT2D eigenvalue weighted by molar-refractivity contribution is 0.341. The van der Waals surface area contributed by atoms with E-state index in [1.807, 2.05) is 0 Å². The normalized spacial score (nSPS) is 19.7. The van der Waals surface area contributed by atoms with Gasteiger partial charge in [-0.15, -0.1) is 0 Å². The first-order chi connectivity index (χ1) is 7.02. The highest BCUT2D eigenvalue weighted by atomic mass is 32.2. The summed E-state index contributed by atoms with van der Waals surface area (Å²) in [6.07, 6.45) is 4.03. The van der Waals surface area contributed by atoms with Crippen LogP contribution in [0.15, 0.2) is 0 Å². The number of rotatable bonds is 5. The molecule has 1 N–H and O–H groups in total. The number of piperidine rings is 1. The lowest BCUT2D eigenvalue weighted by Gasteiger charge is -2.26. The summed E-state index contributed by atoms with van der Waals surface area (Å²) in [7, 11) is -3.20. The van der Waals surface area contributed by atoms with Crippen LogP contribution in [0.1, 0.15) is 39.5 Å². The van der Waals surface area contributed by atoms with Crippen molar-refractivity contribution in [3.63, 3.8) is 0 Å². The van der Waals surface area contributed by atoms with Gasteiger partial charge in [0.1, 0.15) is 0 Å². The molecule has 1 aliphatic heterocycles. The first-order valence-electron chi connectivity index (χ1n) is 5.77. The Balaban J connectivity index is 2.36. The monoisotopic (exact) mass is 234 g/mol. The molecule has 0 aromatic rings. The van der Waals surface area contributed by atoms with E-state index in [4.69, 9.17) is 0 Å². The molecular weight excluding hydrogens is 212 g/mol. The molecule has 0 radical (unpaired) electrons. The van der Waals surface area contributed by atoms with Crippen LogP contribution < -0.4 is 4.72 Å². The van der Waals surface area contributed by atoms with Crippen LogP contribution in [-0.4, -0.2) is 32.4 Å². The van der Waals surface area contributed by atoms with Gasteiger partial charge in [-0.2, -0.15) is 12.7 Å².